The number of nitrogens with one attached hydrogen (secondary N) is 2. The molecule has 17 nitrogen and oxygen atoms in total. The smallest absolute Gasteiger partial charge is 0.270 e. The molecule has 5 aromatic rings. The Kier molecular flexibility index (Phi) is 17.6. The molecule has 2 N–H and O–H groups in total. The van der Waals surface area contributed by atoms with E-state index in [1.807, 2.05) is 43.9 Å². The van der Waals surface area contributed by atoms with Crippen LogP contribution in [-0.4, -0.2) is 187 Å². The second-order valence-electron chi connectivity index (χ2n) is 18.6. The predicted octanol–water partition coefficient (Wildman–Crippen LogP) is 5.02. The average molecular weight is 1020 g/mol. The summed E-state index contributed by atoms with van der Waals surface area (Å²) in [5.74, 6) is -0.818. The number of thiazole rings is 1. The van der Waals surface area contributed by atoms with E-state index in [4.69, 9.17) is 30.8 Å². The van der Waals surface area contributed by atoms with Crippen LogP contribution in [0.3, 0.4) is 0 Å². The van der Waals surface area contributed by atoms with Crippen molar-refractivity contribution in [2.24, 2.45) is 7.05 Å². The van der Waals surface area contributed by atoms with Crippen LogP contribution in [0.2, 0.25) is 5.02 Å². The quantitative estimate of drug-likeness (QED) is 0.106. The lowest BCUT2D eigenvalue weighted by Crippen LogP contribution is -2.61. The van der Waals surface area contributed by atoms with Gasteiger partial charge in [-0.1, -0.05) is 23.7 Å². The second-order valence-corrected chi connectivity index (χ2v) is 20.1. The molecule has 8 rings (SSSR count). The molecule has 3 aliphatic rings. The van der Waals surface area contributed by atoms with Crippen LogP contribution in [0.4, 0.5) is 20.3 Å². The molecule has 3 saturated heterocycles. The van der Waals surface area contributed by atoms with Gasteiger partial charge in [-0.15, -0.1) is 11.3 Å². The summed E-state index contributed by atoms with van der Waals surface area (Å²) < 4.78 is 47.1. The molecule has 0 saturated carbocycles. The predicted molar refractivity (Wildman–Crippen MR) is 270 cm³/mol. The minimum Gasteiger partial charge on any atom is -0.378 e. The highest BCUT2D eigenvalue weighted by molar-refractivity contribution is 7.13. The number of benzene rings is 2. The molecule has 2 aromatic carbocycles. The highest BCUT2D eigenvalue weighted by Gasteiger charge is 2.35. The highest BCUT2D eigenvalue weighted by Crippen LogP contribution is 2.28. The molecular weight excluding hydrogens is 956 g/mol. The first-order valence-corrected chi connectivity index (χ1v) is 25.5. The Morgan fingerprint density at radius 2 is 1.65 bits per heavy atom. The number of para-hydroxylation sites is 1. The number of carbonyl (C=O) groups excluding carboxylic acids is 3. The molecule has 3 aliphatic heterocycles. The van der Waals surface area contributed by atoms with Crippen molar-refractivity contribution in [3.8, 4) is 0 Å². The van der Waals surface area contributed by atoms with Crippen molar-refractivity contribution in [1.29, 1.82) is 0 Å². The fourth-order valence-electron chi connectivity index (χ4n) is 9.40. The standard InChI is InChI=1S/C50H64ClF2N11O6S/c1-32-7-6-8-39(51)48(32)58-49(66)44-27-55-46(71-44)24-37-23-45(57-35(4)56-37)61-11-9-60(10-12-61)15-16-68-17-18-69-19-20-70-31-38-26-54-33(2)28-63(38)30-47(65)64-14-13-62(29-34(64)3)50(67)43-22-36-21-40(52)41(53)25-42(36)59(43)5/h6-8,21-23,25,27,33-34,38,54H,9-20,24,26,28-31H2,1-5H3,(H,58,66)/t33-,34-,38-/m1/s1. The molecule has 0 spiro atoms. The van der Waals surface area contributed by atoms with Gasteiger partial charge in [-0.2, -0.15) is 0 Å². The van der Waals surface area contributed by atoms with Gasteiger partial charge >= 0.3 is 0 Å². The van der Waals surface area contributed by atoms with Gasteiger partial charge in [0, 0.05) is 115 Å². The zero-order valence-corrected chi connectivity index (χ0v) is 42.7. The van der Waals surface area contributed by atoms with E-state index in [1.165, 1.54) is 11.3 Å². The van der Waals surface area contributed by atoms with Gasteiger partial charge in [0.1, 0.15) is 22.2 Å². The number of piperazine rings is 3. The first kappa shape index (κ1) is 52.1. The van der Waals surface area contributed by atoms with Gasteiger partial charge in [-0.3, -0.25) is 24.2 Å². The number of anilines is 2. The zero-order valence-electron chi connectivity index (χ0n) is 41.1. The number of amides is 3. The summed E-state index contributed by atoms with van der Waals surface area (Å²) in [5.41, 5.74) is 3.12. The Morgan fingerprint density at radius 1 is 0.901 bits per heavy atom. The lowest BCUT2D eigenvalue weighted by molar-refractivity contribution is -0.138. The van der Waals surface area contributed by atoms with E-state index < -0.39 is 11.6 Å². The molecule has 6 heterocycles. The number of aryl methyl sites for hydroxylation is 3. The van der Waals surface area contributed by atoms with E-state index in [0.29, 0.717) is 117 Å². The average Bonchev–Trinajstić information content (AvgIpc) is 3.94. The SMILES string of the molecule is Cc1nc(Cc2ncc(C(=O)Nc3c(C)cccc3Cl)s2)cc(N2CCN(CCOCCOCCOC[C@H]3CN[C@H](C)CN3CC(=O)N3CCN(C(=O)c4cc5cc(F)c(F)cc5n4C)C[C@H]3C)CC2)n1. The van der Waals surface area contributed by atoms with Crippen molar-refractivity contribution in [3.63, 3.8) is 0 Å². The molecule has 0 bridgehead atoms. The Bertz CT molecular complexity index is 2650. The lowest BCUT2D eigenvalue weighted by atomic mass is 10.1. The minimum absolute atomic E-state index is 0.00586. The summed E-state index contributed by atoms with van der Waals surface area (Å²) in [4.78, 5) is 65.0. The largest absolute Gasteiger partial charge is 0.378 e. The van der Waals surface area contributed by atoms with Crippen LogP contribution in [-0.2, 0) is 32.5 Å². The van der Waals surface area contributed by atoms with Crippen LogP contribution >= 0.6 is 22.9 Å². The maximum absolute atomic E-state index is 13.9. The van der Waals surface area contributed by atoms with E-state index in [-0.39, 0.29) is 42.4 Å². The van der Waals surface area contributed by atoms with Gasteiger partial charge < -0.3 is 44.1 Å². The number of rotatable bonds is 19. The molecule has 0 radical (unpaired) electrons. The summed E-state index contributed by atoms with van der Waals surface area (Å²) in [6, 6.07) is 11.3. The third-order valence-electron chi connectivity index (χ3n) is 13.4. The molecule has 3 atom stereocenters. The van der Waals surface area contributed by atoms with E-state index in [1.54, 1.807) is 34.8 Å². The highest BCUT2D eigenvalue weighted by atomic mass is 35.5. The zero-order chi connectivity index (χ0) is 50.2. The van der Waals surface area contributed by atoms with Crippen molar-refractivity contribution in [3.05, 3.63) is 98.0 Å². The molecule has 0 aliphatic carbocycles. The van der Waals surface area contributed by atoms with Gasteiger partial charge in [0.2, 0.25) is 5.91 Å². The third kappa shape index (κ3) is 13.3. The van der Waals surface area contributed by atoms with Crippen LogP contribution < -0.4 is 15.5 Å². The van der Waals surface area contributed by atoms with Gasteiger partial charge in [0.15, 0.2) is 11.6 Å². The fourth-order valence-corrected chi connectivity index (χ4v) is 10.5. The number of carbonyl (C=O) groups is 3. The summed E-state index contributed by atoms with van der Waals surface area (Å²) >= 11 is 7.66. The second kappa shape index (κ2) is 24.0. The number of nitrogens with zero attached hydrogens (tertiary/aromatic N) is 9. The van der Waals surface area contributed by atoms with E-state index >= 15 is 0 Å². The van der Waals surface area contributed by atoms with Gasteiger partial charge in [-0.05, 0) is 51.5 Å². The van der Waals surface area contributed by atoms with Gasteiger partial charge in [0.25, 0.3) is 11.8 Å². The summed E-state index contributed by atoms with van der Waals surface area (Å²) in [6.07, 6.45) is 2.09. The third-order valence-corrected chi connectivity index (χ3v) is 14.7. The van der Waals surface area contributed by atoms with Crippen LogP contribution in [0.25, 0.3) is 10.9 Å². The fraction of sp³-hybridized carbons (Fsp3) is 0.520. The lowest BCUT2D eigenvalue weighted by Gasteiger charge is -2.43. The van der Waals surface area contributed by atoms with Crippen LogP contribution in [0.15, 0.2) is 48.7 Å². The van der Waals surface area contributed by atoms with Crippen molar-refractivity contribution in [2.45, 2.75) is 52.2 Å². The Morgan fingerprint density at radius 3 is 2.41 bits per heavy atom. The Balaban J connectivity index is 0.683. The molecule has 3 aromatic heterocycles. The van der Waals surface area contributed by atoms with E-state index in [2.05, 4.69) is 42.2 Å². The van der Waals surface area contributed by atoms with Gasteiger partial charge in [-0.25, -0.2) is 23.7 Å². The molecular formula is C50H64ClF2N11O6S. The van der Waals surface area contributed by atoms with E-state index in [0.717, 1.165) is 66.9 Å². The number of halogens is 3. The van der Waals surface area contributed by atoms with Crippen LogP contribution in [0.1, 0.15) is 56.1 Å². The molecule has 0 unspecified atom stereocenters. The molecule has 3 fully saturated rings. The minimum atomic E-state index is -0.961. The first-order valence-electron chi connectivity index (χ1n) is 24.3. The summed E-state index contributed by atoms with van der Waals surface area (Å²) in [5, 5.41) is 8.16. The van der Waals surface area contributed by atoms with E-state index in [9.17, 15) is 23.2 Å². The molecule has 382 valence electrons. The molecule has 71 heavy (non-hydrogen) atoms. The monoisotopic (exact) mass is 1020 g/mol. The topological polar surface area (TPSA) is 163 Å². The Labute approximate surface area is 422 Å². The van der Waals surface area contributed by atoms with Crippen LogP contribution in [0.5, 0.6) is 0 Å². The first-order chi connectivity index (χ1) is 34.2. The van der Waals surface area contributed by atoms with Crippen molar-refractivity contribution in [2.75, 3.05) is 122 Å². The normalized spacial score (nSPS) is 19.2. The maximum Gasteiger partial charge on any atom is 0.270 e. The summed E-state index contributed by atoms with van der Waals surface area (Å²) in [6.45, 7) is 17.7. The summed E-state index contributed by atoms with van der Waals surface area (Å²) in [7, 11) is 1.67. The number of aromatic nitrogens is 4. The molecule has 21 heteroatoms. The van der Waals surface area contributed by atoms with Crippen LogP contribution in [0, 0.1) is 25.5 Å². The van der Waals surface area contributed by atoms with Crippen molar-refractivity contribution in [1.82, 2.24) is 44.4 Å². The number of hydrogen-bond acceptors (Lipinski definition) is 14. The maximum atomic E-state index is 13.9. The number of ether oxygens (including phenoxy) is 3. The number of fused-ring (bicyclic) bond motifs is 1. The van der Waals surface area contributed by atoms with Crippen molar-refractivity contribution >= 4 is 63.1 Å². The molecule has 3 amide bonds. The van der Waals surface area contributed by atoms with Crippen molar-refractivity contribution < 1.29 is 37.4 Å². The number of hydrogen-bond donors (Lipinski definition) is 2. The van der Waals surface area contributed by atoms with Gasteiger partial charge in [0.05, 0.1) is 79.3 Å². The Hall–Kier alpha value is -5.19.